The second-order valence-electron chi connectivity index (χ2n) is 6.19. The second kappa shape index (κ2) is 6.40. The maximum Gasteiger partial charge on any atom is 0.205 e. The minimum atomic E-state index is -0.140. The summed E-state index contributed by atoms with van der Waals surface area (Å²) in [6.45, 7) is 6.28. The van der Waals surface area contributed by atoms with Gasteiger partial charge >= 0.3 is 0 Å². The predicted molar refractivity (Wildman–Crippen MR) is 95.1 cm³/mol. The van der Waals surface area contributed by atoms with Crippen LogP contribution < -0.4 is 5.43 Å². The van der Waals surface area contributed by atoms with Gasteiger partial charge in [0, 0.05) is 11.0 Å². The Balaban J connectivity index is 1.86. The summed E-state index contributed by atoms with van der Waals surface area (Å²) in [5.74, 6) is 0.181. The van der Waals surface area contributed by atoms with Gasteiger partial charge in [-0.3, -0.25) is 5.43 Å². The fourth-order valence-electron chi connectivity index (χ4n) is 2.07. The third-order valence-corrected chi connectivity index (χ3v) is 4.20. The molecule has 0 spiro atoms. The van der Waals surface area contributed by atoms with Crippen LogP contribution in [0.3, 0.4) is 0 Å². The van der Waals surface area contributed by atoms with E-state index in [4.69, 9.17) is 0 Å². The minimum absolute atomic E-state index is 0.140. The van der Waals surface area contributed by atoms with Crippen LogP contribution in [0.4, 0.5) is 5.13 Å². The molecule has 0 saturated heterocycles. The van der Waals surface area contributed by atoms with E-state index < -0.39 is 0 Å². The molecule has 2 N–H and O–H groups in total. The molecule has 0 radical (unpaired) electrons. The van der Waals surface area contributed by atoms with E-state index in [1.807, 2.05) is 6.07 Å². The molecule has 2 heterocycles. The summed E-state index contributed by atoms with van der Waals surface area (Å²) in [6, 6.07) is 7.00. The summed E-state index contributed by atoms with van der Waals surface area (Å²) < 4.78 is 1.70. The van der Waals surface area contributed by atoms with E-state index in [9.17, 15) is 5.11 Å². The molecule has 0 atom stereocenters. The molecule has 0 fully saturated rings. The van der Waals surface area contributed by atoms with Crippen molar-refractivity contribution in [2.45, 2.75) is 26.2 Å². The number of aromatic hydroxyl groups is 1. The zero-order valence-corrected chi connectivity index (χ0v) is 14.4. The Morgan fingerprint density at radius 1 is 1.29 bits per heavy atom. The van der Waals surface area contributed by atoms with Crippen molar-refractivity contribution in [2.24, 2.45) is 5.10 Å². The Hall–Kier alpha value is -2.74. The van der Waals surface area contributed by atoms with Crippen LogP contribution >= 0.6 is 11.3 Å². The minimum Gasteiger partial charge on any atom is -0.507 e. The Labute approximate surface area is 143 Å². The van der Waals surface area contributed by atoms with E-state index in [0.29, 0.717) is 10.7 Å². The van der Waals surface area contributed by atoms with Gasteiger partial charge in [0.15, 0.2) is 0 Å². The molecule has 0 aliphatic heterocycles. The van der Waals surface area contributed by atoms with Crippen molar-refractivity contribution < 1.29 is 5.11 Å². The van der Waals surface area contributed by atoms with E-state index >= 15 is 0 Å². The number of hydrogen-bond acceptors (Lipinski definition) is 7. The van der Waals surface area contributed by atoms with Gasteiger partial charge in [-0.15, -0.1) is 0 Å². The molecule has 0 amide bonds. The van der Waals surface area contributed by atoms with Crippen LogP contribution in [0.1, 0.15) is 32.0 Å². The third kappa shape index (κ3) is 3.43. The molecule has 3 aromatic rings. The zero-order chi connectivity index (χ0) is 17.2. The molecule has 7 nitrogen and oxygen atoms in total. The number of para-hydroxylation sites is 1. The van der Waals surface area contributed by atoms with E-state index in [1.165, 1.54) is 17.7 Å². The van der Waals surface area contributed by atoms with E-state index in [1.54, 1.807) is 35.4 Å². The van der Waals surface area contributed by atoms with Crippen LogP contribution in [-0.4, -0.2) is 31.1 Å². The smallest absolute Gasteiger partial charge is 0.205 e. The van der Waals surface area contributed by atoms with Gasteiger partial charge in [-0.2, -0.15) is 10.2 Å². The number of nitrogens with one attached hydrogen (secondary N) is 1. The van der Waals surface area contributed by atoms with Gasteiger partial charge in [0.05, 0.1) is 11.9 Å². The first kappa shape index (κ1) is 16.1. The van der Waals surface area contributed by atoms with Gasteiger partial charge in [-0.05, 0) is 12.1 Å². The number of phenols is 1. The zero-order valence-electron chi connectivity index (χ0n) is 13.6. The first-order valence-electron chi connectivity index (χ1n) is 7.38. The maximum atomic E-state index is 9.74. The summed E-state index contributed by atoms with van der Waals surface area (Å²) in [5, 5.41) is 19.6. The lowest BCUT2D eigenvalue weighted by atomic mass is 9.92. The van der Waals surface area contributed by atoms with Crippen molar-refractivity contribution in [1.82, 2.24) is 19.7 Å². The van der Waals surface area contributed by atoms with Crippen LogP contribution in [0.5, 0.6) is 5.75 Å². The molecule has 0 saturated carbocycles. The molecule has 0 unspecified atom stereocenters. The third-order valence-electron chi connectivity index (χ3n) is 3.25. The largest absolute Gasteiger partial charge is 0.507 e. The Morgan fingerprint density at radius 2 is 2.08 bits per heavy atom. The van der Waals surface area contributed by atoms with Crippen molar-refractivity contribution in [3.05, 3.63) is 48.2 Å². The number of thiazole rings is 1. The number of hydrazone groups is 1. The first-order valence-corrected chi connectivity index (χ1v) is 8.20. The van der Waals surface area contributed by atoms with Crippen LogP contribution in [0.25, 0.3) is 5.00 Å². The highest BCUT2D eigenvalue weighted by Crippen LogP contribution is 2.34. The van der Waals surface area contributed by atoms with Crippen molar-refractivity contribution in [3.63, 3.8) is 0 Å². The van der Waals surface area contributed by atoms with Crippen molar-refractivity contribution in [3.8, 4) is 10.8 Å². The number of rotatable bonds is 4. The van der Waals surface area contributed by atoms with Gasteiger partial charge in [-0.1, -0.05) is 44.2 Å². The number of hydrogen-bond donors (Lipinski definition) is 2. The molecular weight excluding hydrogens is 324 g/mol. The van der Waals surface area contributed by atoms with Crippen molar-refractivity contribution in [2.75, 3.05) is 5.43 Å². The Bertz CT molecular complexity index is 848. The molecular formula is C16H18N6OS. The SMILES string of the molecule is CC(C)(C)c1nc(N/N=C/c2ccccc2O)sc1-n1cncn1. The first-order chi connectivity index (χ1) is 11.4. The van der Waals surface area contributed by atoms with Crippen LogP contribution in [0.15, 0.2) is 42.0 Å². The summed E-state index contributed by atoms with van der Waals surface area (Å²) >= 11 is 1.45. The fraction of sp³-hybridized carbons (Fsp3) is 0.250. The highest BCUT2D eigenvalue weighted by atomic mass is 32.1. The molecule has 24 heavy (non-hydrogen) atoms. The molecule has 3 rings (SSSR count). The number of benzene rings is 1. The molecule has 0 aliphatic carbocycles. The highest BCUT2D eigenvalue weighted by Gasteiger charge is 2.24. The van der Waals surface area contributed by atoms with Gasteiger partial charge in [0.1, 0.15) is 23.4 Å². The fourth-order valence-corrected chi connectivity index (χ4v) is 3.13. The number of aromatic nitrogens is 4. The van der Waals surface area contributed by atoms with E-state index in [-0.39, 0.29) is 11.2 Å². The molecule has 124 valence electrons. The van der Waals surface area contributed by atoms with Crippen LogP contribution in [-0.2, 0) is 5.41 Å². The Kier molecular flexibility index (Phi) is 4.30. The summed E-state index contributed by atoms with van der Waals surface area (Å²) in [5.41, 5.74) is 4.33. The molecule has 0 bridgehead atoms. The summed E-state index contributed by atoms with van der Waals surface area (Å²) in [7, 11) is 0. The predicted octanol–water partition coefficient (Wildman–Crippen LogP) is 3.17. The van der Waals surface area contributed by atoms with Gasteiger partial charge < -0.3 is 5.11 Å². The van der Waals surface area contributed by atoms with Crippen molar-refractivity contribution >= 4 is 22.7 Å². The van der Waals surface area contributed by atoms with Gasteiger partial charge in [0.2, 0.25) is 5.13 Å². The second-order valence-corrected chi connectivity index (χ2v) is 7.17. The van der Waals surface area contributed by atoms with E-state index in [0.717, 1.165) is 10.7 Å². The topological polar surface area (TPSA) is 88.2 Å². The lowest BCUT2D eigenvalue weighted by molar-refractivity contribution is 0.474. The number of phenolic OH excluding ortho intramolecular Hbond substituents is 1. The summed E-state index contributed by atoms with van der Waals surface area (Å²) in [6.07, 6.45) is 4.70. The van der Waals surface area contributed by atoms with Gasteiger partial charge in [-0.25, -0.2) is 14.6 Å². The highest BCUT2D eigenvalue weighted by molar-refractivity contribution is 7.18. The quantitative estimate of drug-likeness (QED) is 0.561. The maximum absolute atomic E-state index is 9.74. The molecule has 8 heteroatoms. The van der Waals surface area contributed by atoms with Crippen molar-refractivity contribution in [1.29, 1.82) is 0 Å². The number of nitrogens with zero attached hydrogens (tertiary/aromatic N) is 5. The molecule has 2 aromatic heterocycles. The summed E-state index contributed by atoms with van der Waals surface area (Å²) in [4.78, 5) is 8.63. The monoisotopic (exact) mass is 342 g/mol. The average molecular weight is 342 g/mol. The number of anilines is 1. The van der Waals surface area contributed by atoms with E-state index in [2.05, 4.69) is 46.4 Å². The standard InChI is InChI=1S/C16H18N6OS/c1-16(2,3)13-14(22-10-17-9-19-22)24-15(20-13)21-18-8-11-6-4-5-7-12(11)23/h4-10,23H,1-3H3,(H,20,21)/b18-8+. The lowest BCUT2D eigenvalue weighted by Crippen LogP contribution is -2.15. The normalized spacial score (nSPS) is 12.0. The lowest BCUT2D eigenvalue weighted by Gasteiger charge is -2.16. The van der Waals surface area contributed by atoms with Gasteiger partial charge in [0.25, 0.3) is 0 Å². The molecule has 1 aromatic carbocycles. The average Bonchev–Trinajstić information content (AvgIpc) is 3.17. The van der Waals surface area contributed by atoms with Crippen LogP contribution in [0, 0.1) is 0 Å². The Morgan fingerprint density at radius 3 is 2.75 bits per heavy atom. The van der Waals surface area contributed by atoms with Crippen LogP contribution in [0.2, 0.25) is 0 Å². The molecule has 0 aliphatic rings.